The number of aromatic amines is 1. The fraction of sp³-hybridized carbons (Fsp3) is 0.400. The second-order valence-corrected chi connectivity index (χ2v) is 8.60. The third-order valence-electron chi connectivity index (χ3n) is 4.94. The molecule has 0 spiro atoms. The minimum atomic E-state index is -0.0433. The highest BCUT2D eigenvalue weighted by molar-refractivity contribution is 7.18. The molecule has 3 heterocycles. The predicted molar refractivity (Wildman–Crippen MR) is 111 cm³/mol. The molecular formula is C20H23N3OS2. The lowest BCUT2D eigenvalue weighted by Gasteiger charge is -2.16. The van der Waals surface area contributed by atoms with Crippen LogP contribution in [0.2, 0.25) is 0 Å². The van der Waals surface area contributed by atoms with Crippen LogP contribution in [-0.4, -0.2) is 16.5 Å². The first-order chi connectivity index (χ1) is 12.7. The first-order valence-electron chi connectivity index (χ1n) is 9.19. The molecule has 0 amide bonds. The minimum Gasteiger partial charge on any atom is -0.309 e. The van der Waals surface area contributed by atoms with Crippen molar-refractivity contribution in [3.8, 4) is 10.4 Å². The molecule has 0 bridgehead atoms. The zero-order chi connectivity index (χ0) is 17.9. The SMILES string of the molecule is C[C@@H](NCCC1=CCCCC1)c1nc2scc(-c3cccs3)c2c(=O)[nH]1. The fourth-order valence-corrected chi connectivity index (χ4v) is 5.23. The molecule has 1 aliphatic carbocycles. The van der Waals surface area contributed by atoms with Crippen LogP contribution in [0.5, 0.6) is 0 Å². The first kappa shape index (κ1) is 17.6. The Kier molecular flexibility index (Phi) is 5.33. The molecule has 1 atom stereocenters. The Labute approximate surface area is 161 Å². The molecule has 2 N–H and O–H groups in total. The van der Waals surface area contributed by atoms with Gasteiger partial charge in [0.25, 0.3) is 5.56 Å². The van der Waals surface area contributed by atoms with Crippen molar-refractivity contribution >= 4 is 32.9 Å². The number of rotatable bonds is 6. The van der Waals surface area contributed by atoms with Crippen molar-refractivity contribution in [2.24, 2.45) is 0 Å². The maximum atomic E-state index is 12.7. The zero-order valence-electron chi connectivity index (χ0n) is 14.9. The van der Waals surface area contributed by atoms with Gasteiger partial charge < -0.3 is 10.3 Å². The molecule has 0 aromatic carbocycles. The molecule has 0 unspecified atom stereocenters. The van der Waals surface area contributed by atoms with E-state index in [2.05, 4.69) is 23.3 Å². The average molecular weight is 386 g/mol. The van der Waals surface area contributed by atoms with E-state index in [1.807, 2.05) is 22.9 Å². The van der Waals surface area contributed by atoms with Gasteiger partial charge in [-0.15, -0.1) is 22.7 Å². The number of allylic oxidation sites excluding steroid dienone is 1. The lowest BCUT2D eigenvalue weighted by atomic mass is 9.97. The molecule has 26 heavy (non-hydrogen) atoms. The molecular weight excluding hydrogens is 362 g/mol. The Bertz CT molecular complexity index is 969. The summed E-state index contributed by atoms with van der Waals surface area (Å²) in [4.78, 5) is 22.3. The van der Waals surface area contributed by atoms with Gasteiger partial charge in [0.05, 0.1) is 11.4 Å². The normalized spacial score (nSPS) is 16.0. The number of nitrogens with one attached hydrogen (secondary N) is 2. The molecule has 0 aliphatic heterocycles. The Morgan fingerprint density at radius 2 is 2.27 bits per heavy atom. The minimum absolute atomic E-state index is 0.0311. The number of aromatic nitrogens is 2. The number of nitrogens with zero attached hydrogens (tertiary/aromatic N) is 1. The number of thiophene rings is 2. The van der Waals surface area contributed by atoms with Crippen LogP contribution >= 0.6 is 22.7 Å². The Morgan fingerprint density at radius 1 is 1.35 bits per heavy atom. The summed E-state index contributed by atoms with van der Waals surface area (Å²) in [5, 5.41) is 8.28. The molecule has 3 aromatic rings. The monoisotopic (exact) mass is 385 g/mol. The van der Waals surface area contributed by atoms with Crippen LogP contribution in [0.4, 0.5) is 0 Å². The van der Waals surface area contributed by atoms with Crippen LogP contribution < -0.4 is 10.9 Å². The smallest absolute Gasteiger partial charge is 0.260 e. The van der Waals surface area contributed by atoms with E-state index in [0.717, 1.165) is 34.1 Å². The number of H-pyrrole nitrogens is 1. The van der Waals surface area contributed by atoms with Gasteiger partial charge in [0.2, 0.25) is 0 Å². The van der Waals surface area contributed by atoms with E-state index < -0.39 is 0 Å². The van der Waals surface area contributed by atoms with E-state index in [0.29, 0.717) is 5.39 Å². The van der Waals surface area contributed by atoms with Gasteiger partial charge in [0, 0.05) is 15.8 Å². The van der Waals surface area contributed by atoms with Crippen molar-refractivity contribution in [3.63, 3.8) is 0 Å². The fourth-order valence-electron chi connectivity index (χ4n) is 3.46. The summed E-state index contributed by atoms with van der Waals surface area (Å²) >= 11 is 3.19. The summed E-state index contributed by atoms with van der Waals surface area (Å²) in [5.74, 6) is 0.722. The Balaban J connectivity index is 1.50. The molecule has 3 aromatic heterocycles. The van der Waals surface area contributed by atoms with E-state index in [9.17, 15) is 4.79 Å². The van der Waals surface area contributed by atoms with Crippen LogP contribution in [0.3, 0.4) is 0 Å². The molecule has 4 nitrogen and oxygen atoms in total. The molecule has 1 aliphatic rings. The first-order valence-corrected chi connectivity index (χ1v) is 10.9. The van der Waals surface area contributed by atoms with Crippen LogP contribution in [0.15, 0.2) is 39.3 Å². The van der Waals surface area contributed by atoms with Crippen molar-refractivity contribution in [2.75, 3.05) is 6.54 Å². The quantitative estimate of drug-likeness (QED) is 0.570. The highest BCUT2D eigenvalue weighted by atomic mass is 32.1. The van der Waals surface area contributed by atoms with Crippen molar-refractivity contribution in [1.82, 2.24) is 15.3 Å². The number of fused-ring (bicyclic) bond motifs is 1. The van der Waals surface area contributed by atoms with Gasteiger partial charge in [-0.3, -0.25) is 4.79 Å². The van der Waals surface area contributed by atoms with Gasteiger partial charge in [-0.05, 0) is 57.0 Å². The Hall–Kier alpha value is -1.76. The average Bonchev–Trinajstić information content (AvgIpc) is 3.32. The van der Waals surface area contributed by atoms with Crippen molar-refractivity contribution in [1.29, 1.82) is 0 Å². The lowest BCUT2D eigenvalue weighted by molar-refractivity contribution is 0.540. The van der Waals surface area contributed by atoms with Crippen molar-refractivity contribution in [3.05, 3.63) is 50.7 Å². The van der Waals surface area contributed by atoms with E-state index in [4.69, 9.17) is 4.98 Å². The van der Waals surface area contributed by atoms with Gasteiger partial charge in [-0.1, -0.05) is 17.7 Å². The summed E-state index contributed by atoms with van der Waals surface area (Å²) in [6, 6.07) is 4.08. The van der Waals surface area contributed by atoms with Crippen LogP contribution in [0.1, 0.15) is 50.9 Å². The van der Waals surface area contributed by atoms with Gasteiger partial charge >= 0.3 is 0 Å². The highest BCUT2D eigenvalue weighted by Gasteiger charge is 2.16. The van der Waals surface area contributed by atoms with Gasteiger partial charge in [0.1, 0.15) is 10.7 Å². The summed E-state index contributed by atoms with van der Waals surface area (Å²) < 4.78 is 0. The zero-order valence-corrected chi connectivity index (χ0v) is 16.5. The molecule has 0 fully saturated rings. The third kappa shape index (κ3) is 3.68. The standard InChI is InChI=1S/C20H23N3OS2/c1-13(21-10-9-14-6-3-2-4-7-14)18-22-19(24)17-15(12-26-20(17)23-18)16-8-5-11-25-16/h5-6,8,11-13,21H,2-4,7,9-10H2,1H3,(H,22,23,24)/t13-/m1/s1. The van der Waals surface area contributed by atoms with Crippen molar-refractivity contribution in [2.45, 2.75) is 45.1 Å². The highest BCUT2D eigenvalue weighted by Crippen LogP contribution is 2.33. The second-order valence-electron chi connectivity index (χ2n) is 6.79. The summed E-state index contributed by atoms with van der Waals surface area (Å²) in [6.45, 7) is 2.98. The maximum absolute atomic E-state index is 12.7. The van der Waals surface area contributed by atoms with Gasteiger partial charge in [-0.25, -0.2) is 4.98 Å². The third-order valence-corrected chi connectivity index (χ3v) is 6.72. The molecule has 0 radical (unpaired) electrons. The molecule has 6 heteroatoms. The van der Waals surface area contributed by atoms with E-state index in [-0.39, 0.29) is 11.6 Å². The summed E-state index contributed by atoms with van der Waals surface area (Å²) in [5.41, 5.74) is 2.51. The number of hydrogen-bond acceptors (Lipinski definition) is 5. The topological polar surface area (TPSA) is 57.8 Å². The summed E-state index contributed by atoms with van der Waals surface area (Å²) in [7, 11) is 0. The molecule has 4 rings (SSSR count). The lowest BCUT2D eigenvalue weighted by Crippen LogP contribution is -2.24. The number of hydrogen-bond donors (Lipinski definition) is 2. The van der Waals surface area contributed by atoms with E-state index in [1.165, 1.54) is 25.7 Å². The van der Waals surface area contributed by atoms with Crippen LogP contribution in [0, 0.1) is 0 Å². The van der Waals surface area contributed by atoms with Crippen LogP contribution in [-0.2, 0) is 0 Å². The molecule has 0 saturated carbocycles. The Morgan fingerprint density at radius 3 is 3.04 bits per heavy atom. The van der Waals surface area contributed by atoms with Crippen molar-refractivity contribution < 1.29 is 0 Å². The van der Waals surface area contributed by atoms with Gasteiger partial charge in [0.15, 0.2) is 0 Å². The van der Waals surface area contributed by atoms with Gasteiger partial charge in [-0.2, -0.15) is 0 Å². The molecule has 0 saturated heterocycles. The molecule has 136 valence electrons. The summed E-state index contributed by atoms with van der Waals surface area (Å²) in [6.07, 6.45) is 8.57. The second kappa shape index (κ2) is 7.86. The predicted octanol–water partition coefficient (Wildman–Crippen LogP) is 5.25. The van der Waals surface area contributed by atoms with Crippen LogP contribution in [0.25, 0.3) is 20.7 Å². The largest absolute Gasteiger partial charge is 0.309 e. The van der Waals surface area contributed by atoms with E-state index >= 15 is 0 Å². The maximum Gasteiger partial charge on any atom is 0.260 e. The van der Waals surface area contributed by atoms with E-state index in [1.54, 1.807) is 28.2 Å².